The van der Waals surface area contributed by atoms with Crippen LogP contribution in [0.3, 0.4) is 0 Å². The summed E-state index contributed by atoms with van der Waals surface area (Å²) in [5.41, 5.74) is 1.60. The molecule has 0 saturated carbocycles. The predicted molar refractivity (Wildman–Crippen MR) is 99.3 cm³/mol. The molecule has 2 aromatic carbocycles. The second-order valence-corrected chi connectivity index (χ2v) is 6.43. The Morgan fingerprint density at radius 2 is 1.68 bits per heavy atom. The Kier molecular flexibility index (Phi) is 4.18. The summed E-state index contributed by atoms with van der Waals surface area (Å²) in [6, 6.07) is 19.0. The zero-order chi connectivity index (χ0) is 17.1. The van der Waals surface area contributed by atoms with Crippen molar-refractivity contribution < 1.29 is 5.11 Å². The molecule has 2 aromatic heterocycles. The summed E-state index contributed by atoms with van der Waals surface area (Å²) < 4.78 is 0. The highest BCUT2D eigenvalue weighted by atomic mass is 32.2. The lowest BCUT2D eigenvalue weighted by Gasteiger charge is -2.12. The van der Waals surface area contributed by atoms with Crippen molar-refractivity contribution in [2.75, 3.05) is 5.32 Å². The molecule has 0 amide bonds. The highest BCUT2D eigenvalue weighted by Crippen LogP contribution is 2.35. The van der Waals surface area contributed by atoms with E-state index in [-0.39, 0.29) is 5.75 Å². The molecular weight excluding hydrogens is 332 g/mol. The number of benzene rings is 2. The number of rotatable bonds is 4. The van der Waals surface area contributed by atoms with Crippen LogP contribution < -0.4 is 5.32 Å². The maximum atomic E-state index is 9.43. The van der Waals surface area contributed by atoms with Crippen LogP contribution in [0.1, 0.15) is 0 Å². The van der Waals surface area contributed by atoms with Crippen molar-refractivity contribution in [3.05, 3.63) is 73.2 Å². The number of hydrogen-bond acceptors (Lipinski definition) is 6. The number of aromatic hydroxyl groups is 1. The van der Waals surface area contributed by atoms with E-state index in [9.17, 15) is 5.11 Å². The molecule has 0 aliphatic heterocycles. The van der Waals surface area contributed by atoms with Crippen LogP contribution in [0.15, 0.2) is 83.0 Å². The van der Waals surface area contributed by atoms with Gasteiger partial charge in [0.1, 0.15) is 17.9 Å². The monoisotopic (exact) mass is 346 g/mol. The second kappa shape index (κ2) is 6.78. The lowest BCUT2D eigenvalue weighted by atomic mass is 10.3. The summed E-state index contributed by atoms with van der Waals surface area (Å²) in [6.07, 6.45) is 3.22. The van der Waals surface area contributed by atoms with Crippen molar-refractivity contribution in [2.45, 2.75) is 9.79 Å². The number of nitrogens with one attached hydrogen (secondary N) is 1. The number of phenolic OH excluding ortho intramolecular Hbond substituents is 1. The average molecular weight is 346 g/mol. The van der Waals surface area contributed by atoms with Gasteiger partial charge in [-0.05, 0) is 48.5 Å². The molecule has 5 nitrogen and oxygen atoms in total. The van der Waals surface area contributed by atoms with Crippen LogP contribution in [0.4, 0.5) is 11.5 Å². The third-order valence-corrected chi connectivity index (χ3v) is 4.70. The number of phenols is 1. The van der Waals surface area contributed by atoms with Crippen LogP contribution in [0.25, 0.3) is 11.0 Å². The molecule has 6 heteroatoms. The van der Waals surface area contributed by atoms with Gasteiger partial charge in [-0.15, -0.1) is 0 Å². The molecule has 0 atom stereocenters. The van der Waals surface area contributed by atoms with E-state index in [0.717, 1.165) is 26.7 Å². The molecule has 122 valence electrons. The Labute approximate surface area is 148 Å². The molecule has 0 unspecified atom stereocenters. The first-order chi connectivity index (χ1) is 12.3. The molecule has 0 fully saturated rings. The quantitative estimate of drug-likeness (QED) is 0.561. The molecule has 0 aliphatic rings. The number of fused-ring (bicyclic) bond motifs is 1. The largest absolute Gasteiger partial charge is 0.508 e. The van der Waals surface area contributed by atoms with Crippen LogP contribution in [-0.2, 0) is 0 Å². The molecule has 0 saturated heterocycles. The van der Waals surface area contributed by atoms with Crippen LogP contribution in [0, 0.1) is 0 Å². The third-order valence-electron chi connectivity index (χ3n) is 3.61. The molecule has 0 bridgehead atoms. The van der Waals surface area contributed by atoms with E-state index in [1.165, 1.54) is 6.33 Å². The van der Waals surface area contributed by atoms with Gasteiger partial charge in [-0.3, -0.25) is 0 Å². The number of aromatic nitrogens is 3. The van der Waals surface area contributed by atoms with Crippen molar-refractivity contribution in [1.29, 1.82) is 0 Å². The lowest BCUT2D eigenvalue weighted by Crippen LogP contribution is -1.98. The Balaban J connectivity index is 1.68. The number of para-hydroxylation sites is 1. The standard InChI is InChI=1S/C19H14N4OS/c24-13-7-9-14(10-8-13)25-17-6-2-1-5-16(17)23-19-15-4-3-11-20-18(15)21-12-22-19/h1-12,24H,(H,20,21,22,23). The molecule has 2 N–H and O–H groups in total. The molecule has 4 rings (SSSR count). The molecular formula is C19H14N4OS. The average Bonchev–Trinajstić information content (AvgIpc) is 2.65. The van der Waals surface area contributed by atoms with Crippen molar-refractivity contribution in [3.63, 3.8) is 0 Å². The fourth-order valence-corrected chi connectivity index (χ4v) is 3.32. The zero-order valence-electron chi connectivity index (χ0n) is 13.1. The zero-order valence-corrected chi connectivity index (χ0v) is 13.9. The Hall–Kier alpha value is -3.12. The highest BCUT2D eigenvalue weighted by Gasteiger charge is 2.08. The van der Waals surface area contributed by atoms with E-state index in [2.05, 4.69) is 20.3 Å². The minimum Gasteiger partial charge on any atom is -0.508 e. The van der Waals surface area contributed by atoms with Gasteiger partial charge in [0.25, 0.3) is 0 Å². The van der Waals surface area contributed by atoms with Crippen LogP contribution in [0.2, 0.25) is 0 Å². The lowest BCUT2D eigenvalue weighted by molar-refractivity contribution is 0.475. The number of anilines is 2. The topological polar surface area (TPSA) is 70.9 Å². The summed E-state index contributed by atoms with van der Waals surface area (Å²) in [6.45, 7) is 0. The Bertz CT molecular complexity index is 1020. The van der Waals surface area contributed by atoms with Gasteiger partial charge in [0, 0.05) is 16.0 Å². The second-order valence-electron chi connectivity index (χ2n) is 5.31. The SMILES string of the molecule is Oc1ccc(Sc2ccccc2Nc2ncnc3ncccc23)cc1. The van der Waals surface area contributed by atoms with E-state index in [1.54, 1.807) is 30.1 Å². The van der Waals surface area contributed by atoms with E-state index in [4.69, 9.17) is 0 Å². The first-order valence-electron chi connectivity index (χ1n) is 7.68. The summed E-state index contributed by atoms with van der Waals surface area (Å²) in [5, 5.41) is 13.7. The Morgan fingerprint density at radius 1 is 0.840 bits per heavy atom. The summed E-state index contributed by atoms with van der Waals surface area (Å²) in [7, 11) is 0. The van der Waals surface area contributed by atoms with Crippen molar-refractivity contribution >= 4 is 34.3 Å². The maximum Gasteiger partial charge on any atom is 0.164 e. The first kappa shape index (κ1) is 15.4. The normalized spacial score (nSPS) is 10.7. The minimum atomic E-state index is 0.260. The fraction of sp³-hybridized carbons (Fsp3) is 0. The van der Waals surface area contributed by atoms with E-state index < -0.39 is 0 Å². The van der Waals surface area contributed by atoms with Gasteiger partial charge in [0.15, 0.2) is 5.65 Å². The van der Waals surface area contributed by atoms with Gasteiger partial charge in [0.05, 0.1) is 11.1 Å². The third kappa shape index (κ3) is 3.39. The van der Waals surface area contributed by atoms with Crippen molar-refractivity contribution in [3.8, 4) is 5.75 Å². The van der Waals surface area contributed by atoms with Crippen LogP contribution >= 0.6 is 11.8 Å². The summed E-state index contributed by atoms with van der Waals surface area (Å²) >= 11 is 1.61. The van der Waals surface area contributed by atoms with Gasteiger partial charge < -0.3 is 10.4 Å². The number of pyridine rings is 1. The molecule has 0 spiro atoms. The van der Waals surface area contributed by atoms with Crippen LogP contribution in [0.5, 0.6) is 5.75 Å². The molecule has 2 heterocycles. The summed E-state index contributed by atoms with van der Waals surface area (Å²) in [4.78, 5) is 14.9. The van der Waals surface area contributed by atoms with Gasteiger partial charge in [0.2, 0.25) is 0 Å². The van der Waals surface area contributed by atoms with Gasteiger partial charge in [-0.2, -0.15) is 0 Å². The fourth-order valence-electron chi connectivity index (χ4n) is 2.42. The van der Waals surface area contributed by atoms with E-state index >= 15 is 0 Å². The maximum absolute atomic E-state index is 9.43. The molecule has 25 heavy (non-hydrogen) atoms. The minimum absolute atomic E-state index is 0.260. The van der Waals surface area contributed by atoms with Gasteiger partial charge in [-0.25, -0.2) is 15.0 Å². The number of nitrogens with zero attached hydrogens (tertiary/aromatic N) is 3. The van der Waals surface area contributed by atoms with E-state index in [1.807, 2.05) is 48.5 Å². The predicted octanol–water partition coefficient (Wildman–Crippen LogP) is 4.63. The van der Waals surface area contributed by atoms with Gasteiger partial charge in [-0.1, -0.05) is 23.9 Å². The van der Waals surface area contributed by atoms with E-state index in [0.29, 0.717) is 5.65 Å². The molecule has 4 aromatic rings. The smallest absolute Gasteiger partial charge is 0.164 e. The molecule has 0 radical (unpaired) electrons. The first-order valence-corrected chi connectivity index (χ1v) is 8.50. The molecule has 0 aliphatic carbocycles. The number of hydrogen-bond donors (Lipinski definition) is 2. The van der Waals surface area contributed by atoms with Crippen LogP contribution in [-0.4, -0.2) is 20.1 Å². The highest BCUT2D eigenvalue weighted by molar-refractivity contribution is 7.99. The summed E-state index contributed by atoms with van der Waals surface area (Å²) in [5.74, 6) is 0.979. The van der Waals surface area contributed by atoms with Gasteiger partial charge >= 0.3 is 0 Å². The van der Waals surface area contributed by atoms with Crippen molar-refractivity contribution in [2.24, 2.45) is 0 Å². The van der Waals surface area contributed by atoms with Crippen molar-refractivity contribution in [1.82, 2.24) is 15.0 Å². The Morgan fingerprint density at radius 3 is 2.56 bits per heavy atom.